The van der Waals surface area contributed by atoms with Crippen LogP contribution in [0.15, 0.2) is 18.2 Å². The number of carbonyl (C=O) groups is 1. The van der Waals surface area contributed by atoms with Crippen molar-refractivity contribution in [3.63, 3.8) is 0 Å². The summed E-state index contributed by atoms with van der Waals surface area (Å²) in [5.74, 6) is 1.47. The normalized spacial score (nSPS) is 15.5. The highest BCUT2D eigenvalue weighted by atomic mass is 16.5. The lowest BCUT2D eigenvalue weighted by Crippen LogP contribution is -2.29. The monoisotopic (exact) mass is 264 g/mol. The molecule has 0 saturated heterocycles. The van der Waals surface area contributed by atoms with E-state index in [1.165, 1.54) is 0 Å². The number of benzene rings is 1. The summed E-state index contributed by atoms with van der Waals surface area (Å²) >= 11 is 0. The fourth-order valence-corrected chi connectivity index (χ4v) is 1.88. The van der Waals surface area contributed by atoms with Crippen molar-refractivity contribution in [2.24, 2.45) is 5.73 Å². The molecule has 0 radical (unpaired) electrons. The van der Waals surface area contributed by atoms with Gasteiger partial charge in [0, 0.05) is 25.4 Å². The van der Waals surface area contributed by atoms with E-state index in [2.05, 4.69) is 5.32 Å². The molecule has 1 atom stereocenters. The van der Waals surface area contributed by atoms with Crippen LogP contribution in [0.1, 0.15) is 25.3 Å². The predicted octanol–water partition coefficient (Wildman–Crippen LogP) is 1.20. The maximum absolute atomic E-state index is 11.5. The van der Waals surface area contributed by atoms with Crippen LogP contribution in [0.5, 0.6) is 11.5 Å². The first-order chi connectivity index (χ1) is 9.15. The summed E-state index contributed by atoms with van der Waals surface area (Å²) in [7, 11) is 0. The lowest BCUT2D eigenvalue weighted by Gasteiger charge is -2.10. The molecule has 2 rings (SSSR count). The molecule has 0 aliphatic carbocycles. The molecule has 1 amide bonds. The molecule has 0 bridgehead atoms. The maximum Gasteiger partial charge on any atom is 0.221 e. The minimum absolute atomic E-state index is 0.0397. The first-order valence-electron chi connectivity index (χ1n) is 6.56. The van der Waals surface area contributed by atoms with E-state index in [1.54, 1.807) is 0 Å². The Kier molecular flexibility index (Phi) is 4.63. The number of ether oxygens (including phenoxy) is 2. The molecule has 1 unspecified atom stereocenters. The number of fused-ring (bicyclic) bond motifs is 1. The zero-order chi connectivity index (χ0) is 13.7. The fourth-order valence-electron chi connectivity index (χ4n) is 1.88. The molecule has 19 heavy (non-hydrogen) atoms. The van der Waals surface area contributed by atoms with E-state index in [0.29, 0.717) is 26.2 Å². The predicted molar refractivity (Wildman–Crippen MR) is 72.2 cm³/mol. The summed E-state index contributed by atoms with van der Waals surface area (Å²) in [5, 5.41) is 2.84. The van der Waals surface area contributed by atoms with Gasteiger partial charge < -0.3 is 20.5 Å². The molecule has 3 N–H and O–H groups in total. The van der Waals surface area contributed by atoms with Gasteiger partial charge in [0.1, 0.15) is 0 Å². The Morgan fingerprint density at radius 1 is 1.37 bits per heavy atom. The fraction of sp³-hybridized carbons (Fsp3) is 0.500. The van der Waals surface area contributed by atoms with Gasteiger partial charge in [-0.05, 0) is 24.6 Å². The molecule has 0 fully saturated rings. The Bertz CT molecular complexity index is 446. The van der Waals surface area contributed by atoms with E-state index in [9.17, 15) is 4.79 Å². The highest BCUT2D eigenvalue weighted by Gasteiger charge is 2.11. The van der Waals surface area contributed by atoms with E-state index in [0.717, 1.165) is 23.5 Å². The summed E-state index contributed by atoms with van der Waals surface area (Å²) in [6, 6.07) is 5.60. The van der Waals surface area contributed by atoms with Gasteiger partial charge in [-0.1, -0.05) is 6.07 Å². The molecule has 0 spiro atoms. The number of carbonyl (C=O) groups excluding carboxylic acids is 1. The first kappa shape index (κ1) is 13.7. The highest BCUT2D eigenvalue weighted by molar-refractivity contribution is 5.76. The second kappa shape index (κ2) is 6.43. The van der Waals surface area contributed by atoms with Gasteiger partial charge >= 0.3 is 0 Å². The summed E-state index contributed by atoms with van der Waals surface area (Å²) in [6.45, 7) is 3.63. The van der Waals surface area contributed by atoms with Crippen molar-refractivity contribution < 1.29 is 14.3 Å². The molecule has 0 aromatic heterocycles. The second-order valence-corrected chi connectivity index (χ2v) is 4.79. The number of rotatable bonds is 4. The first-order valence-corrected chi connectivity index (χ1v) is 6.56. The highest BCUT2D eigenvalue weighted by Crippen LogP contribution is 2.30. The Balaban J connectivity index is 1.94. The quantitative estimate of drug-likeness (QED) is 0.857. The van der Waals surface area contributed by atoms with Crippen molar-refractivity contribution in [2.45, 2.75) is 32.4 Å². The van der Waals surface area contributed by atoms with Gasteiger partial charge in [0.25, 0.3) is 0 Å². The van der Waals surface area contributed by atoms with Gasteiger partial charge in [-0.25, -0.2) is 0 Å². The SMILES string of the molecule is CC(N)CC(=O)NCc1ccc2c(c1)OCCCO2. The molecular formula is C14H20N2O3. The van der Waals surface area contributed by atoms with Crippen LogP contribution >= 0.6 is 0 Å². The minimum atomic E-state index is -0.122. The third-order valence-electron chi connectivity index (χ3n) is 2.81. The van der Waals surface area contributed by atoms with Crippen molar-refractivity contribution in [2.75, 3.05) is 13.2 Å². The molecule has 1 aliphatic heterocycles. The zero-order valence-corrected chi connectivity index (χ0v) is 11.1. The van der Waals surface area contributed by atoms with Crippen LogP contribution in [0.3, 0.4) is 0 Å². The molecule has 1 aliphatic rings. The van der Waals surface area contributed by atoms with Gasteiger partial charge in [0.15, 0.2) is 11.5 Å². The van der Waals surface area contributed by atoms with Gasteiger partial charge in [-0.2, -0.15) is 0 Å². The number of amides is 1. The van der Waals surface area contributed by atoms with Crippen molar-refractivity contribution in [3.8, 4) is 11.5 Å². The van der Waals surface area contributed by atoms with Crippen LogP contribution in [0.4, 0.5) is 0 Å². The van der Waals surface area contributed by atoms with Gasteiger partial charge in [-0.15, -0.1) is 0 Å². The van der Waals surface area contributed by atoms with Crippen LogP contribution < -0.4 is 20.5 Å². The molecule has 5 nitrogen and oxygen atoms in total. The zero-order valence-electron chi connectivity index (χ0n) is 11.1. The Morgan fingerprint density at radius 2 is 2.11 bits per heavy atom. The number of hydrogen-bond acceptors (Lipinski definition) is 4. The van der Waals surface area contributed by atoms with E-state index in [4.69, 9.17) is 15.2 Å². The molecule has 0 saturated carbocycles. The number of hydrogen-bond donors (Lipinski definition) is 2. The van der Waals surface area contributed by atoms with E-state index in [1.807, 2.05) is 25.1 Å². The molecule has 1 aromatic carbocycles. The molecule has 104 valence electrons. The van der Waals surface area contributed by atoms with Crippen molar-refractivity contribution in [1.82, 2.24) is 5.32 Å². The number of nitrogens with two attached hydrogens (primary N) is 1. The largest absolute Gasteiger partial charge is 0.490 e. The van der Waals surface area contributed by atoms with Gasteiger partial charge in [0.2, 0.25) is 5.91 Å². The van der Waals surface area contributed by atoms with Crippen LogP contribution in [0.25, 0.3) is 0 Å². The Labute approximate surface area is 113 Å². The van der Waals surface area contributed by atoms with E-state index in [-0.39, 0.29) is 11.9 Å². The van der Waals surface area contributed by atoms with Crippen molar-refractivity contribution in [1.29, 1.82) is 0 Å². The second-order valence-electron chi connectivity index (χ2n) is 4.79. The third kappa shape index (κ3) is 4.13. The summed E-state index contributed by atoms with van der Waals surface area (Å²) < 4.78 is 11.2. The average molecular weight is 264 g/mol. The summed E-state index contributed by atoms with van der Waals surface area (Å²) in [6.07, 6.45) is 1.22. The van der Waals surface area contributed by atoms with Crippen LogP contribution in [0.2, 0.25) is 0 Å². The van der Waals surface area contributed by atoms with Gasteiger partial charge in [-0.3, -0.25) is 4.79 Å². The topological polar surface area (TPSA) is 73.6 Å². The smallest absolute Gasteiger partial charge is 0.221 e. The van der Waals surface area contributed by atoms with Crippen LogP contribution in [-0.4, -0.2) is 25.2 Å². The molecule has 1 heterocycles. The maximum atomic E-state index is 11.5. The van der Waals surface area contributed by atoms with E-state index < -0.39 is 0 Å². The van der Waals surface area contributed by atoms with Crippen LogP contribution in [-0.2, 0) is 11.3 Å². The lowest BCUT2D eigenvalue weighted by molar-refractivity contribution is -0.121. The Morgan fingerprint density at radius 3 is 2.84 bits per heavy atom. The summed E-state index contributed by atoms with van der Waals surface area (Å²) in [4.78, 5) is 11.5. The lowest BCUT2D eigenvalue weighted by atomic mass is 10.2. The molecular weight excluding hydrogens is 244 g/mol. The van der Waals surface area contributed by atoms with Crippen molar-refractivity contribution in [3.05, 3.63) is 23.8 Å². The molecule has 5 heteroatoms. The third-order valence-corrected chi connectivity index (χ3v) is 2.81. The summed E-state index contributed by atoms with van der Waals surface area (Å²) in [5.41, 5.74) is 6.56. The molecule has 1 aromatic rings. The average Bonchev–Trinajstić information content (AvgIpc) is 2.60. The van der Waals surface area contributed by atoms with Crippen molar-refractivity contribution >= 4 is 5.91 Å². The van der Waals surface area contributed by atoms with E-state index >= 15 is 0 Å². The minimum Gasteiger partial charge on any atom is -0.490 e. The standard InChI is InChI=1S/C14H20N2O3/c1-10(15)7-14(17)16-9-11-3-4-12-13(8-11)19-6-2-5-18-12/h3-4,8,10H,2,5-7,9,15H2,1H3,(H,16,17). The number of nitrogens with one attached hydrogen (secondary N) is 1. The van der Waals surface area contributed by atoms with Crippen LogP contribution in [0, 0.1) is 0 Å². The Hall–Kier alpha value is -1.75. The van der Waals surface area contributed by atoms with Gasteiger partial charge in [0.05, 0.1) is 13.2 Å².